The van der Waals surface area contributed by atoms with E-state index in [9.17, 15) is 14.7 Å². The highest BCUT2D eigenvalue weighted by molar-refractivity contribution is 5.91. The van der Waals surface area contributed by atoms with Crippen LogP contribution in [0.3, 0.4) is 0 Å². The summed E-state index contributed by atoms with van der Waals surface area (Å²) in [5.41, 5.74) is 1.82. The number of rotatable bonds is 5. The third kappa shape index (κ3) is 5.18. The first kappa shape index (κ1) is 23.5. The van der Waals surface area contributed by atoms with Gasteiger partial charge in [-0.1, -0.05) is 26.8 Å². The number of aliphatic carboxylic acids is 1. The minimum Gasteiger partial charge on any atom is -0.506 e. The first-order valence-corrected chi connectivity index (χ1v) is 10.9. The Morgan fingerprint density at radius 2 is 1.84 bits per heavy atom. The van der Waals surface area contributed by atoms with Gasteiger partial charge in [0.15, 0.2) is 5.69 Å². The van der Waals surface area contributed by atoms with Gasteiger partial charge in [0.2, 0.25) is 0 Å². The van der Waals surface area contributed by atoms with Gasteiger partial charge in [0, 0.05) is 5.57 Å². The van der Waals surface area contributed by atoms with Crippen molar-refractivity contribution >= 4 is 23.4 Å². The number of nitrogens with one attached hydrogen (secondary N) is 1. The van der Waals surface area contributed by atoms with Crippen LogP contribution in [-0.2, 0) is 4.79 Å². The fourth-order valence-corrected chi connectivity index (χ4v) is 4.26. The first-order chi connectivity index (χ1) is 15.0. The van der Waals surface area contributed by atoms with E-state index in [1.807, 2.05) is 0 Å². The fraction of sp³-hybridized carbons (Fsp3) is 0.500. The Balaban J connectivity index is 1.78. The molecule has 8 heteroatoms. The molecule has 0 spiro atoms. The molecule has 1 aromatic carbocycles. The molecular weight excluding hydrogens is 408 g/mol. The van der Waals surface area contributed by atoms with Crippen LogP contribution in [0.1, 0.15) is 70.7 Å². The van der Waals surface area contributed by atoms with E-state index in [1.54, 1.807) is 17.7 Å². The molecule has 1 aliphatic rings. The SMILES string of the molecule is C/C(=C\c1ccc(N=Nc2c(C)[nH]n(C3CCC(C(C)(C)C)CC3)c2=O)c(O)c1)C(=O)O. The third-order valence-corrected chi connectivity index (χ3v) is 6.33. The summed E-state index contributed by atoms with van der Waals surface area (Å²) in [6, 6.07) is 4.71. The van der Waals surface area contributed by atoms with Crippen molar-refractivity contribution < 1.29 is 15.0 Å². The number of carboxylic acids is 1. The van der Waals surface area contributed by atoms with Crippen molar-refractivity contribution in [3.05, 3.63) is 45.4 Å². The summed E-state index contributed by atoms with van der Waals surface area (Å²) in [5.74, 6) is -0.515. The summed E-state index contributed by atoms with van der Waals surface area (Å²) in [6.07, 6.45) is 5.53. The van der Waals surface area contributed by atoms with Gasteiger partial charge in [-0.2, -0.15) is 0 Å². The number of H-pyrrole nitrogens is 1. The van der Waals surface area contributed by atoms with Crippen LogP contribution in [0.5, 0.6) is 5.75 Å². The van der Waals surface area contributed by atoms with Gasteiger partial charge in [0.05, 0.1) is 11.7 Å². The van der Waals surface area contributed by atoms with Crippen LogP contribution in [-0.4, -0.2) is 26.0 Å². The number of hydrogen-bond acceptors (Lipinski definition) is 5. The minimum atomic E-state index is -1.03. The van der Waals surface area contributed by atoms with Gasteiger partial charge in [-0.25, -0.2) is 9.48 Å². The number of phenols is 1. The first-order valence-electron chi connectivity index (χ1n) is 10.9. The van der Waals surface area contributed by atoms with Crippen LogP contribution in [0.25, 0.3) is 6.08 Å². The number of aryl methyl sites for hydroxylation is 1. The van der Waals surface area contributed by atoms with Crippen molar-refractivity contribution in [3.63, 3.8) is 0 Å². The molecule has 1 saturated carbocycles. The zero-order valence-electron chi connectivity index (χ0n) is 19.3. The van der Waals surface area contributed by atoms with E-state index < -0.39 is 5.97 Å². The van der Waals surface area contributed by atoms with E-state index in [-0.39, 0.29) is 39.7 Å². The summed E-state index contributed by atoms with van der Waals surface area (Å²) in [6.45, 7) is 10.1. The molecule has 0 radical (unpaired) electrons. The van der Waals surface area contributed by atoms with Gasteiger partial charge in [-0.3, -0.25) is 9.89 Å². The number of carbonyl (C=O) groups is 1. The summed E-state index contributed by atoms with van der Waals surface area (Å²) >= 11 is 0. The van der Waals surface area contributed by atoms with Gasteiger partial charge in [-0.15, -0.1) is 10.2 Å². The van der Waals surface area contributed by atoms with E-state index >= 15 is 0 Å². The molecule has 0 bridgehead atoms. The second kappa shape index (κ2) is 9.14. The number of aromatic amines is 1. The Kier molecular flexibility index (Phi) is 6.71. The predicted molar refractivity (Wildman–Crippen MR) is 124 cm³/mol. The zero-order chi connectivity index (χ0) is 23.6. The van der Waals surface area contributed by atoms with E-state index in [2.05, 4.69) is 36.1 Å². The molecule has 8 nitrogen and oxygen atoms in total. The molecule has 3 N–H and O–H groups in total. The Morgan fingerprint density at radius 1 is 1.19 bits per heavy atom. The summed E-state index contributed by atoms with van der Waals surface area (Å²) in [7, 11) is 0. The smallest absolute Gasteiger partial charge is 0.331 e. The van der Waals surface area contributed by atoms with E-state index in [0.717, 1.165) is 25.7 Å². The highest BCUT2D eigenvalue weighted by atomic mass is 16.4. The summed E-state index contributed by atoms with van der Waals surface area (Å²) in [5, 5.41) is 30.5. The van der Waals surface area contributed by atoms with Crippen LogP contribution in [0.15, 0.2) is 38.8 Å². The van der Waals surface area contributed by atoms with Crippen molar-refractivity contribution in [3.8, 4) is 5.75 Å². The molecule has 3 rings (SSSR count). The molecule has 1 fully saturated rings. The summed E-state index contributed by atoms with van der Waals surface area (Å²) < 4.78 is 1.67. The average Bonchev–Trinajstić information content (AvgIpc) is 3.00. The van der Waals surface area contributed by atoms with Crippen LogP contribution in [0, 0.1) is 18.3 Å². The largest absolute Gasteiger partial charge is 0.506 e. The third-order valence-electron chi connectivity index (χ3n) is 6.33. The lowest BCUT2D eigenvalue weighted by Gasteiger charge is -2.37. The molecule has 0 aliphatic heterocycles. The van der Waals surface area contributed by atoms with Crippen LogP contribution in [0.2, 0.25) is 0 Å². The topological polar surface area (TPSA) is 120 Å². The lowest BCUT2D eigenvalue weighted by atomic mass is 9.71. The van der Waals surface area contributed by atoms with Crippen molar-refractivity contribution in [1.29, 1.82) is 0 Å². The number of carboxylic acid groups (broad SMARTS) is 1. The second-order valence-electron chi connectivity index (χ2n) is 9.71. The Labute approximate surface area is 187 Å². The van der Waals surface area contributed by atoms with Crippen LogP contribution < -0.4 is 5.56 Å². The van der Waals surface area contributed by atoms with Crippen molar-refractivity contribution in [1.82, 2.24) is 9.78 Å². The second-order valence-corrected chi connectivity index (χ2v) is 9.71. The fourth-order valence-electron chi connectivity index (χ4n) is 4.26. The number of benzene rings is 1. The molecular formula is C24H32N4O4. The van der Waals surface area contributed by atoms with Gasteiger partial charge in [-0.05, 0) is 74.6 Å². The van der Waals surface area contributed by atoms with E-state index in [1.165, 1.54) is 25.1 Å². The molecule has 2 aromatic rings. The van der Waals surface area contributed by atoms with Crippen molar-refractivity contribution in [2.45, 2.75) is 66.3 Å². The van der Waals surface area contributed by atoms with Crippen LogP contribution in [0.4, 0.5) is 11.4 Å². The maximum absolute atomic E-state index is 13.0. The number of azo groups is 1. The molecule has 0 saturated heterocycles. The molecule has 0 amide bonds. The molecule has 0 unspecified atom stereocenters. The van der Waals surface area contributed by atoms with E-state index in [0.29, 0.717) is 17.2 Å². The Hall–Kier alpha value is -3.16. The standard InChI is InChI=1S/C24H32N4O4/c1-14(23(31)32)12-16-6-11-19(20(29)13-16)25-26-21-15(2)27-28(22(21)30)18-9-7-17(8-10-18)24(3,4)5/h6,11-13,17-18,27,29H,7-10H2,1-5H3,(H,31,32)/b14-12+,26-25?. The Bertz CT molecular complexity index is 1110. The number of aromatic nitrogens is 2. The highest BCUT2D eigenvalue weighted by Gasteiger charge is 2.31. The molecule has 172 valence electrons. The number of aromatic hydroxyl groups is 1. The minimum absolute atomic E-state index is 0.126. The van der Waals surface area contributed by atoms with Gasteiger partial charge >= 0.3 is 5.97 Å². The number of nitrogens with zero attached hydrogens (tertiary/aromatic N) is 3. The van der Waals surface area contributed by atoms with Crippen molar-refractivity contribution in [2.75, 3.05) is 0 Å². The number of phenolic OH excluding ortho intramolecular Hbond substituents is 1. The molecule has 1 aliphatic carbocycles. The average molecular weight is 441 g/mol. The number of hydrogen-bond donors (Lipinski definition) is 3. The predicted octanol–water partition coefficient (Wildman–Crippen LogP) is 5.87. The monoisotopic (exact) mass is 440 g/mol. The van der Waals surface area contributed by atoms with Crippen molar-refractivity contribution in [2.24, 2.45) is 21.6 Å². The Morgan fingerprint density at radius 3 is 2.41 bits per heavy atom. The maximum atomic E-state index is 13.0. The van der Waals surface area contributed by atoms with Gasteiger partial charge in [0.1, 0.15) is 11.4 Å². The molecule has 1 aromatic heterocycles. The lowest BCUT2D eigenvalue weighted by Crippen LogP contribution is -2.30. The zero-order valence-corrected chi connectivity index (χ0v) is 19.3. The molecule has 1 heterocycles. The van der Waals surface area contributed by atoms with Crippen LogP contribution >= 0.6 is 0 Å². The highest BCUT2D eigenvalue weighted by Crippen LogP contribution is 2.41. The van der Waals surface area contributed by atoms with E-state index in [4.69, 9.17) is 5.11 Å². The lowest BCUT2D eigenvalue weighted by molar-refractivity contribution is -0.132. The normalized spacial score (nSPS) is 20.1. The molecule has 0 atom stereocenters. The maximum Gasteiger partial charge on any atom is 0.331 e. The van der Waals surface area contributed by atoms with Gasteiger partial charge in [0.25, 0.3) is 5.56 Å². The molecule has 32 heavy (non-hydrogen) atoms. The quantitative estimate of drug-likeness (QED) is 0.398. The van der Waals surface area contributed by atoms with Gasteiger partial charge < -0.3 is 10.2 Å². The summed E-state index contributed by atoms with van der Waals surface area (Å²) in [4.78, 5) is 23.9.